The Bertz CT molecular complexity index is 1190. The molecule has 1 aromatic rings. The highest BCUT2D eigenvalue weighted by Gasteiger charge is 2.23. The minimum atomic E-state index is -0.425. The number of ether oxygens (including phenoxy) is 1. The molecule has 0 saturated carbocycles. The molecule has 3 N–H and O–H groups in total. The van der Waals surface area contributed by atoms with Gasteiger partial charge >= 0.3 is 0 Å². The third-order valence-corrected chi connectivity index (χ3v) is 6.14. The van der Waals surface area contributed by atoms with Gasteiger partial charge in [0.15, 0.2) is 0 Å². The maximum atomic E-state index is 14.1. The molecule has 0 aliphatic carbocycles. The molecule has 1 aliphatic rings. The predicted octanol–water partition coefficient (Wildman–Crippen LogP) is 5.63. The summed E-state index contributed by atoms with van der Waals surface area (Å²) < 4.78 is 19.9. The summed E-state index contributed by atoms with van der Waals surface area (Å²) in [5.41, 5.74) is 5.60. The molecule has 212 valence electrons. The summed E-state index contributed by atoms with van der Waals surface area (Å²) in [6, 6.07) is 4.69. The van der Waals surface area contributed by atoms with Crippen molar-refractivity contribution in [1.82, 2.24) is 10.2 Å². The van der Waals surface area contributed by atoms with E-state index in [1.165, 1.54) is 6.07 Å². The van der Waals surface area contributed by atoms with E-state index in [0.29, 0.717) is 35.7 Å². The van der Waals surface area contributed by atoms with Crippen molar-refractivity contribution in [3.63, 3.8) is 0 Å². The van der Waals surface area contributed by atoms with E-state index in [-0.39, 0.29) is 25.2 Å². The topological polar surface area (TPSA) is 86.2 Å². The molecule has 0 bridgehead atoms. The largest absolute Gasteiger partial charge is 0.494 e. The number of nitrogens with one attached hydrogen (secondary N) is 2. The molecule has 0 unspecified atom stereocenters. The molecule has 1 aromatic carbocycles. The number of hydrogen-bond acceptors (Lipinski definition) is 6. The number of aliphatic hydroxyl groups excluding tert-OH is 1. The number of halogens is 1. The van der Waals surface area contributed by atoms with E-state index in [4.69, 9.17) is 4.74 Å². The van der Waals surface area contributed by atoms with Crippen LogP contribution >= 0.6 is 0 Å². The number of piperidine rings is 1. The summed E-state index contributed by atoms with van der Waals surface area (Å²) in [5.74, 6) is 0.901. The number of hydrogen-bond donors (Lipinski definition) is 3. The Morgan fingerprint density at radius 1 is 1.28 bits per heavy atom. The number of carbonyl (C=O) groups is 1. The van der Waals surface area contributed by atoms with Crippen molar-refractivity contribution in [3.8, 4) is 0 Å². The van der Waals surface area contributed by atoms with Crippen molar-refractivity contribution in [2.24, 2.45) is 4.99 Å². The Labute approximate surface area is 232 Å². The number of aldehydes is 1. The highest BCUT2D eigenvalue weighted by atomic mass is 19.1. The lowest BCUT2D eigenvalue weighted by atomic mass is 9.98. The fraction of sp³-hybridized carbons (Fsp3) is 0.419. The zero-order valence-electron chi connectivity index (χ0n) is 24.2. The summed E-state index contributed by atoms with van der Waals surface area (Å²) in [5, 5.41) is 15.9. The lowest BCUT2D eigenvalue weighted by Gasteiger charge is -2.35. The van der Waals surface area contributed by atoms with Crippen molar-refractivity contribution in [1.29, 1.82) is 0 Å². The van der Waals surface area contributed by atoms with E-state index in [1.807, 2.05) is 33.0 Å². The van der Waals surface area contributed by atoms with Gasteiger partial charge in [-0.05, 0) is 88.5 Å². The number of likely N-dealkylation sites (tertiary alicyclic amines) is 1. The average Bonchev–Trinajstić information content (AvgIpc) is 2.87. The number of allylic oxidation sites excluding steroid dienone is 3. The Morgan fingerprint density at radius 2 is 2.00 bits per heavy atom. The zero-order valence-corrected chi connectivity index (χ0v) is 24.2. The van der Waals surface area contributed by atoms with Crippen LogP contribution in [0.5, 0.6) is 0 Å². The average molecular weight is 539 g/mol. The van der Waals surface area contributed by atoms with Crippen molar-refractivity contribution >= 4 is 17.8 Å². The number of carbonyl (C=O) groups excluding carboxylic acids is 1. The predicted molar refractivity (Wildman–Crippen MR) is 158 cm³/mol. The SMILES string of the molecule is C=C/C(=C(C)\C(NC(C)(C)C)=C(/C)OCCO)N1CC/C(=C/N=C(C)Nc2ccc(CC=O)c(F)c2)C(=C)C1. The summed E-state index contributed by atoms with van der Waals surface area (Å²) in [6.45, 7) is 21.9. The van der Waals surface area contributed by atoms with Gasteiger partial charge < -0.3 is 30.2 Å². The third kappa shape index (κ3) is 9.55. The fourth-order valence-corrected chi connectivity index (χ4v) is 4.24. The number of aliphatic hydroxyl groups is 1. The van der Waals surface area contributed by atoms with Crippen LogP contribution in [0.1, 0.15) is 53.5 Å². The van der Waals surface area contributed by atoms with Gasteiger partial charge in [0.2, 0.25) is 0 Å². The molecule has 0 amide bonds. The molecule has 7 nitrogen and oxygen atoms in total. The normalized spacial score (nSPS) is 16.9. The Morgan fingerprint density at radius 3 is 2.56 bits per heavy atom. The van der Waals surface area contributed by atoms with Gasteiger partial charge in [-0.1, -0.05) is 19.2 Å². The molecule has 0 spiro atoms. The lowest BCUT2D eigenvalue weighted by Crippen LogP contribution is -2.38. The summed E-state index contributed by atoms with van der Waals surface area (Å²) in [4.78, 5) is 17.4. The molecule has 1 heterocycles. The molecule has 0 atom stereocenters. The summed E-state index contributed by atoms with van der Waals surface area (Å²) in [6.07, 6.45) is 5.15. The highest BCUT2D eigenvalue weighted by Crippen LogP contribution is 2.28. The molecule has 0 aromatic heterocycles. The molecule has 8 heteroatoms. The number of benzene rings is 1. The van der Waals surface area contributed by atoms with Gasteiger partial charge in [0, 0.05) is 42.6 Å². The Hall–Kier alpha value is -3.65. The number of rotatable bonds is 11. The first-order chi connectivity index (χ1) is 18.4. The van der Waals surface area contributed by atoms with Crippen LogP contribution in [0.25, 0.3) is 0 Å². The van der Waals surface area contributed by atoms with E-state index in [1.54, 1.807) is 12.1 Å². The van der Waals surface area contributed by atoms with Crippen molar-refractivity contribution < 1.29 is 19.0 Å². The van der Waals surface area contributed by atoms with E-state index in [9.17, 15) is 14.3 Å². The zero-order chi connectivity index (χ0) is 29.2. The number of aliphatic imine (C=N–C) groups is 1. The minimum absolute atomic E-state index is 0.0501. The van der Waals surface area contributed by atoms with Crippen LogP contribution in [0.15, 0.2) is 82.5 Å². The first-order valence-electron chi connectivity index (χ1n) is 13.1. The van der Waals surface area contributed by atoms with Gasteiger partial charge in [-0.2, -0.15) is 0 Å². The standard InChI is InChI=1S/C31H43FN4O3/c1-9-29(22(3)30(35-31(6,7)8)23(4)39-17-16-38)36-14-12-26(21(2)20-36)19-33-24(5)34-27-11-10-25(13-15-37)28(32)18-27/h9-11,15,18-19,35,38H,1-2,12-14,16-17,20H2,3-8H3,(H,33,34)/b26-19-,29-22+,30-23-. The fourth-order valence-electron chi connectivity index (χ4n) is 4.24. The Kier molecular flexibility index (Phi) is 11.7. The second-order valence-electron chi connectivity index (χ2n) is 10.5. The first kappa shape index (κ1) is 31.6. The van der Waals surface area contributed by atoms with Gasteiger partial charge in [0.05, 0.1) is 12.3 Å². The van der Waals surface area contributed by atoms with E-state index in [0.717, 1.165) is 41.1 Å². The van der Waals surface area contributed by atoms with Crippen LogP contribution in [0.3, 0.4) is 0 Å². The van der Waals surface area contributed by atoms with Crippen LogP contribution in [-0.4, -0.2) is 54.0 Å². The van der Waals surface area contributed by atoms with E-state index < -0.39 is 5.82 Å². The molecule has 2 rings (SSSR count). The molecular weight excluding hydrogens is 495 g/mol. The van der Waals surface area contributed by atoms with E-state index >= 15 is 0 Å². The minimum Gasteiger partial charge on any atom is -0.494 e. The van der Waals surface area contributed by atoms with Gasteiger partial charge in [-0.3, -0.25) is 0 Å². The number of amidine groups is 1. The quantitative estimate of drug-likeness (QED) is 0.111. The first-order valence-corrected chi connectivity index (χ1v) is 13.1. The number of anilines is 1. The molecule has 1 saturated heterocycles. The molecule has 1 aliphatic heterocycles. The molecular formula is C31H43FN4O3. The second-order valence-corrected chi connectivity index (χ2v) is 10.5. The highest BCUT2D eigenvalue weighted by molar-refractivity contribution is 5.94. The monoisotopic (exact) mass is 538 g/mol. The van der Waals surface area contributed by atoms with Gasteiger partial charge in [0.1, 0.15) is 30.3 Å². The van der Waals surface area contributed by atoms with Crippen molar-refractivity contribution in [2.45, 2.75) is 59.9 Å². The van der Waals surface area contributed by atoms with Gasteiger partial charge in [0.25, 0.3) is 0 Å². The Balaban J connectivity index is 2.20. The lowest BCUT2D eigenvalue weighted by molar-refractivity contribution is -0.107. The van der Waals surface area contributed by atoms with Crippen LogP contribution in [0.2, 0.25) is 0 Å². The summed E-state index contributed by atoms with van der Waals surface area (Å²) >= 11 is 0. The smallest absolute Gasteiger partial charge is 0.128 e. The van der Waals surface area contributed by atoms with Gasteiger partial charge in [-0.15, -0.1) is 0 Å². The molecule has 0 radical (unpaired) electrons. The molecule has 1 fully saturated rings. The second kappa shape index (κ2) is 14.5. The number of nitrogens with zero attached hydrogens (tertiary/aromatic N) is 2. The van der Waals surface area contributed by atoms with Crippen molar-refractivity contribution in [2.75, 3.05) is 31.6 Å². The third-order valence-electron chi connectivity index (χ3n) is 6.14. The van der Waals surface area contributed by atoms with Crippen LogP contribution < -0.4 is 10.6 Å². The summed E-state index contributed by atoms with van der Waals surface area (Å²) in [7, 11) is 0. The van der Waals surface area contributed by atoms with Crippen LogP contribution in [0, 0.1) is 5.82 Å². The van der Waals surface area contributed by atoms with Crippen molar-refractivity contribution in [3.05, 3.63) is 88.9 Å². The van der Waals surface area contributed by atoms with Crippen LogP contribution in [-0.2, 0) is 16.0 Å². The van der Waals surface area contributed by atoms with Gasteiger partial charge in [-0.25, -0.2) is 9.38 Å². The molecule has 39 heavy (non-hydrogen) atoms. The van der Waals surface area contributed by atoms with E-state index in [2.05, 4.69) is 54.5 Å². The van der Waals surface area contributed by atoms with Crippen LogP contribution in [0.4, 0.5) is 10.1 Å². The maximum absolute atomic E-state index is 14.1. The maximum Gasteiger partial charge on any atom is 0.128 e.